The Hall–Kier alpha value is -3.11. The minimum atomic E-state index is -0.351. The fourth-order valence-electron chi connectivity index (χ4n) is 2.78. The maximum absolute atomic E-state index is 13.7. The number of halogens is 1. The molecule has 4 rings (SSSR count). The third kappa shape index (κ3) is 5.33. The topological polar surface area (TPSA) is 82.6 Å². The van der Waals surface area contributed by atoms with Gasteiger partial charge in [-0.2, -0.15) is 0 Å². The van der Waals surface area contributed by atoms with Crippen LogP contribution in [0.3, 0.4) is 0 Å². The molecule has 0 unspecified atom stereocenters. The molecule has 160 valence electrons. The number of nitrogens with zero attached hydrogens (tertiary/aromatic N) is 2. The van der Waals surface area contributed by atoms with E-state index < -0.39 is 0 Å². The Balaban J connectivity index is 1.36. The van der Waals surface area contributed by atoms with E-state index in [-0.39, 0.29) is 11.7 Å². The Kier molecular flexibility index (Phi) is 6.68. The molecule has 0 aliphatic carbocycles. The zero-order chi connectivity index (χ0) is 21.6. The summed E-state index contributed by atoms with van der Waals surface area (Å²) in [5.74, 6) is 1.50. The molecule has 31 heavy (non-hydrogen) atoms. The molecule has 1 aliphatic rings. The van der Waals surface area contributed by atoms with E-state index in [4.69, 9.17) is 14.2 Å². The Morgan fingerprint density at radius 3 is 2.97 bits per heavy atom. The third-order valence-electron chi connectivity index (χ3n) is 4.22. The van der Waals surface area contributed by atoms with Crippen LogP contribution in [0, 0.1) is 5.82 Å². The number of benzene rings is 2. The lowest BCUT2D eigenvalue weighted by atomic mass is 10.1. The van der Waals surface area contributed by atoms with Crippen molar-refractivity contribution < 1.29 is 23.4 Å². The molecule has 0 spiro atoms. The highest BCUT2D eigenvalue weighted by atomic mass is 32.2. The van der Waals surface area contributed by atoms with Crippen molar-refractivity contribution in [2.24, 2.45) is 0 Å². The van der Waals surface area contributed by atoms with Gasteiger partial charge in [0.1, 0.15) is 19.0 Å². The van der Waals surface area contributed by atoms with Gasteiger partial charge in [-0.25, -0.2) is 4.39 Å². The lowest BCUT2D eigenvalue weighted by molar-refractivity contribution is -0.111. The SMILES string of the molecule is COc1cc(C=CC(=O)Nc2nnc(SCc3ccccc3F)s2)cc2c1OCCO2. The molecule has 1 N–H and O–H groups in total. The number of rotatable bonds is 7. The Bertz CT molecular complexity index is 1100. The van der Waals surface area contributed by atoms with Crippen molar-refractivity contribution >= 4 is 40.2 Å². The molecule has 0 radical (unpaired) electrons. The highest BCUT2D eigenvalue weighted by Gasteiger charge is 2.18. The number of aromatic nitrogens is 2. The Morgan fingerprint density at radius 2 is 2.13 bits per heavy atom. The van der Waals surface area contributed by atoms with E-state index in [9.17, 15) is 9.18 Å². The molecule has 0 atom stereocenters. The normalized spacial score (nSPS) is 12.7. The van der Waals surface area contributed by atoms with E-state index in [1.54, 1.807) is 43.5 Å². The summed E-state index contributed by atoms with van der Waals surface area (Å²) in [6.07, 6.45) is 3.03. The van der Waals surface area contributed by atoms with Gasteiger partial charge in [0.05, 0.1) is 7.11 Å². The molecule has 0 saturated heterocycles. The van der Waals surface area contributed by atoms with Crippen LogP contribution < -0.4 is 19.5 Å². The first-order valence-electron chi connectivity index (χ1n) is 9.29. The molecule has 0 bridgehead atoms. The minimum Gasteiger partial charge on any atom is -0.493 e. The van der Waals surface area contributed by atoms with Gasteiger partial charge in [0.25, 0.3) is 0 Å². The number of nitrogens with one attached hydrogen (secondary N) is 1. The van der Waals surface area contributed by atoms with Crippen molar-refractivity contribution in [2.75, 3.05) is 25.6 Å². The number of fused-ring (bicyclic) bond motifs is 1. The van der Waals surface area contributed by atoms with Crippen molar-refractivity contribution in [3.63, 3.8) is 0 Å². The molecule has 0 fully saturated rings. The zero-order valence-electron chi connectivity index (χ0n) is 16.5. The van der Waals surface area contributed by atoms with Crippen LogP contribution in [0.5, 0.6) is 17.2 Å². The molecule has 1 aromatic heterocycles. The summed E-state index contributed by atoms with van der Waals surface area (Å²) in [6, 6.07) is 10.1. The average molecular weight is 460 g/mol. The number of carbonyl (C=O) groups is 1. The van der Waals surface area contributed by atoms with Gasteiger partial charge in [-0.3, -0.25) is 10.1 Å². The van der Waals surface area contributed by atoms with E-state index in [2.05, 4.69) is 15.5 Å². The van der Waals surface area contributed by atoms with E-state index in [1.165, 1.54) is 35.2 Å². The van der Waals surface area contributed by atoms with Crippen LogP contribution >= 0.6 is 23.1 Å². The lowest BCUT2D eigenvalue weighted by Gasteiger charge is -2.20. The van der Waals surface area contributed by atoms with Crippen molar-refractivity contribution in [3.05, 3.63) is 59.4 Å². The molecule has 1 amide bonds. The largest absolute Gasteiger partial charge is 0.493 e. The van der Waals surface area contributed by atoms with Gasteiger partial charge in [0.2, 0.25) is 16.8 Å². The number of hydrogen-bond acceptors (Lipinski definition) is 8. The number of ether oxygens (including phenoxy) is 3. The molecular weight excluding hydrogens is 441 g/mol. The van der Waals surface area contributed by atoms with Gasteiger partial charge in [-0.05, 0) is 35.4 Å². The smallest absolute Gasteiger partial charge is 0.250 e. The quantitative estimate of drug-likeness (QED) is 0.319. The third-order valence-corrected chi connectivity index (χ3v) is 6.24. The second-order valence-corrected chi connectivity index (χ2v) is 8.52. The first-order valence-corrected chi connectivity index (χ1v) is 11.1. The van der Waals surface area contributed by atoms with Crippen LogP contribution in [0.15, 0.2) is 46.8 Å². The van der Waals surface area contributed by atoms with Gasteiger partial charge in [-0.1, -0.05) is 41.3 Å². The number of anilines is 1. The van der Waals surface area contributed by atoms with Gasteiger partial charge < -0.3 is 14.2 Å². The summed E-state index contributed by atoms with van der Waals surface area (Å²) in [7, 11) is 1.55. The molecule has 1 aliphatic heterocycles. The van der Waals surface area contributed by atoms with E-state index >= 15 is 0 Å². The molecule has 10 heteroatoms. The Morgan fingerprint density at radius 1 is 1.29 bits per heavy atom. The van der Waals surface area contributed by atoms with Gasteiger partial charge in [0.15, 0.2) is 15.8 Å². The monoisotopic (exact) mass is 459 g/mol. The number of amides is 1. The first kappa shape index (κ1) is 21.1. The predicted molar refractivity (Wildman–Crippen MR) is 118 cm³/mol. The number of carbonyl (C=O) groups excluding carboxylic acids is 1. The summed E-state index contributed by atoms with van der Waals surface area (Å²) in [4.78, 5) is 12.3. The maximum atomic E-state index is 13.7. The summed E-state index contributed by atoms with van der Waals surface area (Å²) < 4.78 is 30.8. The molecule has 0 saturated carbocycles. The Labute approximate surface area is 186 Å². The van der Waals surface area contributed by atoms with Gasteiger partial charge in [0, 0.05) is 11.8 Å². The number of methoxy groups -OCH3 is 1. The molecule has 3 aromatic rings. The number of thioether (sulfide) groups is 1. The minimum absolute atomic E-state index is 0.256. The fraction of sp³-hybridized carbons (Fsp3) is 0.190. The predicted octanol–water partition coefficient (Wildman–Crippen LogP) is 4.40. The molecule has 7 nitrogen and oxygen atoms in total. The summed E-state index contributed by atoms with van der Waals surface area (Å²) in [6.45, 7) is 0.918. The van der Waals surface area contributed by atoms with Gasteiger partial charge in [-0.15, -0.1) is 10.2 Å². The second kappa shape index (κ2) is 9.80. The van der Waals surface area contributed by atoms with Crippen molar-refractivity contribution in [3.8, 4) is 17.2 Å². The molecule has 2 aromatic carbocycles. The van der Waals surface area contributed by atoms with Gasteiger partial charge >= 0.3 is 0 Å². The fourth-order valence-corrected chi connectivity index (χ4v) is 4.52. The summed E-state index contributed by atoms with van der Waals surface area (Å²) in [5, 5.41) is 11.0. The molecule has 2 heterocycles. The number of hydrogen-bond donors (Lipinski definition) is 1. The van der Waals surface area contributed by atoms with Crippen LogP contribution in [-0.2, 0) is 10.5 Å². The van der Waals surface area contributed by atoms with Crippen molar-refractivity contribution in [1.82, 2.24) is 10.2 Å². The van der Waals surface area contributed by atoms with Crippen LogP contribution in [0.2, 0.25) is 0 Å². The van der Waals surface area contributed by atoms with E-state index in [0.29, 0.717) is 51.2 Å². The zero-order valence-corrected chi connectivity index (χ0v) is 18.1. The van der Waals surface area contributed by atoms with Crippen LogP contribution in [0.25, 0.3) is 6.08 Å². The van der Waals surface area contributed by atoms with E-state index in [1.807, 2.05) is 0 Å². The highest BCUT2D eigenvalue weighted by molar-refractivity contribution is 8.00. The second-order valence-electron chi connectivity index (χ2n) is 6.32. The lowest BCUT2D eigenvalue weighted by Crippen LogP contribution is -2.16. The van der Waals surface area contributed by atoms with E-state index in [0.717, 1.165) is 5.56 Å². The van der Waals surface area contributed by atoms with Crippen LogP contribution in [-0.4, -0.2) is 36.4 Å². The summed E-state index contributed by atoms with van der Waals surface area (Å²) in [5.41, 5.74) is 1.32. The standard InChI is InChI=1S/C21H18FN3O4S2/c1-27-16-10-13(11-17-19(16)29-9-8-28-17)6-7-18(26)23-20-24-25-21(31-20)30-12-14-4-2-3-5-15(14)22/h2-7,10-11H,8-9,12H2,1H3,(H,23,24,26). The van der Waals surface area contributed by atoms with Crippen LogP contribution in [0.4, 0.5) is 9.52 Å². The summed E-state index contributed by atoms with van der Waals surface area (Å²) >= 11 is 2.59. The first-order chi connectivity index (χ1) is 15.1. The highest BCUT2D eigenvalue weighted by Crippen LogP contribution is 2.40. The molecular formula is C21H18FN3O4S2. The van der Waals surface area contributed by atoms with Crippen LogP contribution in [0.1, 0.15) is 11.1 Å². The average Bonchev–Trinajstić information content (AvgIpc) is 3.23. The maximum Gasteiger partial charge on any atom is 0.250 e. The van der Waals surface area contributed by atoms with Crippen molar-refractivity contribution in [1.29, 1.82) is 0 Å². The van der Waals surface area contributed by atoms with Crippen molar-refractivity contribution in [2.45, 2.75) is 10.1 Å².